The molecule has 2 amide bonds. The molecule has 148 valence electrons. The van der Waals surface area contributed by atoms with Crippen molar-refractivity contribution >= 4 is 51.0 Å². The van der Waals surface area contributed by atoms with Gasteiger partial charge in [-0.25, -0.2) is 0 Å². The maximum absolute atomic E-state index is 11.8. The minimum Gasteiger partial charge on any atom is -0.483 e. The molecule has 0 fully saturated rings. The molecule has 0 aliphatic rings. The summed E-state index contributed by atoms with van der Waals surface area (Å²) >= 11 is 8.24. The number of thiocarbonyl (C=S) groups is 1. The van der Waals surface area contributed by atoms with E-state index in [4.69, 9.17) is 21.7 Å². The maximum Gasteiger partial charge on any atom is 0.306 e. The third-order valence-corrected chi connectivity index (χ3v) is 3.78. The molecule has 0 bridgehead atoms. The van der Waals surface area contributed by atoms with Gasteiger partial charge >= 0.3 is 5.97 Å². The molecule has 8 nitrogen and oxygen atoms in total. The summed E-state index contributed by atoms with van der Waals surface area (Å²) in [6.45, 7) is 3.84. The van der Waals surface area contributed by atoms with E-state index in [0.717, 1.165) is 16.5 Å². The number of benzene rings is 1. The molecule has 27 heavy (non-hydrogen) atoms. The third-order valence-electron chi connectivity index (χ3n) is 3.09. The van der Waals surface area contributed by atoms with Gasteiger partial charge in [-0.1, -0.05) is 22.9 Å². The summed E-state index contributed by atoms with van der Waals surface area (Å²) in [5, 5.41) is 2.26. The van der Waals surface area contributed by atoms with Crippen LogP contribution >= 0.6 is 28.1 Å². The summed E-state index contributed by atoms with van der Waals surface area (Å²) in [5.41, 5.74) is 5.58. The first-order valence-electron chi connectivity index (χ1n) is 8.25. The molecule has 1 aromatic carbocycles. The average molecular weight is 460 g/mol. The van der Waals surface area contributed by atoms with Crippen LogP contribution in [0, 0.1) is 6.92 Å². The topological polar surface area (TPSA) is 106 Å². The van der Waals surface area contributed by atoms with Gasteiger partial charge in [0.1, 0.15) is 5.75 Å². The van der Waals surface area contributed by atoms with Crippen molar-refractivity contribution in [3.63, 3.8) is 0 Å². The number of carbonyl (C=O) groups excluding carboxylic acids is 3. The predicted octanol–water partition coefficient (Wildman–Crippen LogP) is 1.89. The normalized spacial score (nSPS) is 9.89. The number of carbonyl (C=O) groups is 3. The fraction of sp³-hybridized carbons (Fsp3) is 0.412. The minimum absolute atomic E-state index is 0.0405. The predicted molar refractivity (Wildman–Crippen MR) is 107 cm³/mol. The number of esters is 1. The van der Waals surface area contributed by atoms with Crippen LogP contribution in [0.3, 0.4) is 0 Å². The molecule has 0 spiro atoms. The van der Waals surface area contributed by atoms with Crippen LogP contribution in [0.15, 0.2) is 22.7 Å². The molecule has 1 rings (SSSR count). The Hall–Kier alpha value is -2.20. The van der Waals surface area contributed by atoms with Gasteiger partial charge in [0.05, 0.1) is 13.0 Å². The van der Waals surface area contributed by atoms with Crippen molar-refractivity contribution in [2.75, 3.05) is 13.2 Å². The number of hydrogen-bond donors (Lipinski definition) is 3. The van der Waals surface area contributed by atoms with Crippen molar-refractivity contribution < 1.29 is 23.9 Å². The van der Waals surface area contributed by atoms with Gasteiger partial charge in [-0.3, -0.25) is 25.2 Å². The fourth-order valence-electron chi connectivity index (χ4n) is 1.80. The SMILES string of the molecule is CCCOC(=O)CCC(=O)NC(=S)NNC(=O)COc1ccc(Br)cc1C. The second-order valence-corrected chi connectivity index (χ2v) is 6.79. The molecular weight excluding hydrogens is 438 g/mol. The van der Waals surface area contributed by atoms with Gasteiger partial charge in [0, 0.05) is 10.9 Å². The second-order valence-electron chi connectivity index (χ2n) is 5.47. The molecule has 0 saturated heterocycles. The van der Waals surface area contributed by atoms with Crippen LogP contribution in [0.5, 0.6) is 5.75 Å². The number of aryl methyl sites for hydroxylation is 1. The summed E-state index contributed by atoms with van der Waals surface area (Å²) in [4.78, 5) is 34.7. The van der Waals surface area contributed by atoms with Gasteiger partial charge in [0.2, 0.25) is 5.91 Å². The Labute approximate surface area is 171 Å². The van der Waals surface area contributed by atoms with Crippen LogP contribution in [-0.2, 0) is 19.1 Å². The highest BCUT2D eigenvalue weighted by atomic mass is 79.9. The Kier molecular flexibility index (Phi) is 10.3. The lowest BCUT2D eigenvalue weighted by atomic mass is 10.2. The van der Waals surface area contributed by atoms with Crippen molar-refractivity contribution in [1.29, 1.82) is 0 Å². The molecular formula is C17H22BrN3O5S. The van der Waals surface area contributed by atoms with E-state index in [2.05, 4.69) is 32.1 Å². The van der Waals surface area contributed by atoms with Gasteiger partial charge in [-0.15, -0.1) is 0 Å². The molecule has 0 radical (unpaired) electrons. The zero-order chi connectivity index (χ0) is 20.2. The van der Waals surface area contributed by atoms with Crippen LogP contribution in [0.2, 0.25) is 0 Å². The van der Waals surface area contributed by atoms with Crippen LogP contribution < -0.4 is 20.9 Å². The van der Waals surface area contributed by atoms with Crippen molar-refractivity contribution in [3.8, 4) is 5.75 Å². The lowest BCUT2D eigenvalue weighted by Gasteiger charge is -2.12. The first kappa shape index (κ1) is 22.8. The monoisotopic (exact) mass is 459 g/mol. The van der Waals surface area contributed by atoms with Gasteiger partial charge in [0.15, 0.2) is 11.7 Å². The van der Waals surface area contributed by atoms with Gasteiger partial charge < -0.3 is 14.8 Å². The summed E-state index contributed by atoms with van der Waals surface area (Å²) in [6.07, 6.45) is 0.613. The smallest absolute Gasteiger partial charge is 0.306 e. The summed E-state index contributed by atoms with van der Waals surface area (Å²) in [6, 6.07) is 5.42. The Morgan fingerprint density at radius 3 is 2.56 bits per heavy atom. The highest BCUT2D eigenvalue weighted by Gasteiger charge is 2.10. The molecule has 0 aromatic heterocycles. The first-order chi connectivity index (χ1) is 12.8. The highest BCUT2D eigenvalue weighted by Crippen LogP contribution is 2.21. The molecule has 0 aliphatic heterocycles. The van der Waals surface area contributed by atoms with Crippen molar-refractivity contribution in [3.05, 3.63) is 28.2 Å². The Bertz CT molecular complexity index is 699. The lowest BCUT2D eigenvalue weighted by molar-refractivity contribution is -0.144. The number of hydrazine groups is 1. The Morgan fingerprint density at radius 1 is 1.15 bits per heavy atom. The number of ether oxygens (including phenoxy) is 2. The highest BCUT2D eigenvalue weighted by molar-refractivity contribution is 9.10. The van der Waals surface area contributed by atoms with E-state index in [-0.39, 0.29) is 24.6 Å². The second kappa shape index (κ2) is 12.2. The number of amides is 2. The number of halogens is 1. The van der Waals surface area contributed by atoms with E-state index in [1.165, 1.54) is 0 Å². The first-order valence-corrected chi connectivity index (χ1v) is 9.45. The molecule has 0 heterocycles. The van der Waals surface area contributed by atoms with Crippen molar-refractivity contribution in [2.45, 2.75) is 33.1 Å². The Balaban J connectivity index is 2.23. The Morgan fingerprint density at radius 2 is 1.89 bits per heavy atom. The summed E-state index contributed by atoms with van der Waals surface area (Å²) in [7, 11) is 0. The molecule has 0 aliphatic carbocycles. The van der Waals surface area contributed by atoms with Crippen molar-refractivity contribution in [1.82, 2.24) is 16.2 Å². The molecule has 0 saturated carbocycles. The van der Waals surface area contributed by atoms with Gasteiger partial charge in [0.25, 0.3) is 5.91 Å². The zero-order valence-corrected chi connectivity index (χ0v) is 17.5. The van der Waals surface area contributed by atoms with E-state index >= 15 is 0 Å². The number of rotatable bonds is 8. The molecule has 10 heteroatoms. The largest absolute Gasteiger partial charge is 0.483 e. The van der Waals surface area contributed by atoms with Crippen LogP contribution in [0.4, 0.5) is 0 Å². The number of nitrogens with one attached hydrogen (secondary N) is 3. The van der Waals surface area contributed by atoms with Crippen molar-refractivity contribution in [2.24, 2.45) is 0 Å². The quantitative estimate of drug-likeness (QED) is 0.309. The molecule has 0 unspecified atom stereocenters. The molecule has 3 N–H and O–H groups in total. The maximum atomic E-state index is 11.8. The standard InChI is InChI=1S/C17H22BrN3O5S/c1-3-8-25-16(24)7-6-14(22)19-17(27)21-20-15(23)10-26-13-5-4-12(18)9-11(13)2/h4-5,9H,3,6-8,10H2,1-2H3,(H,20,23)(H2,19,21,22,27). The van der Waals surface area contributed by atoms with E-state index in [1.807, 2.05) is 19.9 Å². The van der Waals surface area contributed by atoms with Crippen LogP contribution in [0.25, 0.3) is 0 Å². The van der Waals surface area contributed by atoms with E-state index < -0.39 is 17.8 Å². The summed E-state index contributed by atoms with van der Waals surface area (Å²) in [5.74, 6) is -0.798. The van der Waals surface area contributed by atoms with E-state index in [1.54, 1.807) is 12.1 Å². The minimum atomic E-state index is -0.475. The van der Waals surface area contributed by atoms with E-state index in [0.29, 0.717) is 12.4 Å². The number of hydrogen-bond acceptors (Lipinski definition) is 6. The summed E-state index contributed by atoms with van der Waals surface area (Å²) < 4.78 is 11.2. The van der Waals surface area contributed by atoms with Gasteiger partial charge in [-0.2, -0.15) is 0 Å². The average Bonchev–Trinajstić information content (AvgIpc) is 2.62. The lowest BCUT2D eigenvalue weighted by Crippen LogP contribution is -2.49. The molecule has 1 aromatic rings. The van der Waals surface area contributed by atoms with E-state index in [9.17, 15) is 14.4 Å². The third kappa shape index (κ3) is 9.90. The fourth-order valence-corrected chi connectivity index (χ4v) is 2.45. The van der Waals surface area contributed by atoms with Crippen LogP contribution in [-0.4, -0.2) is 36.1 Å². The van der Waals surface area contributed by atoms with Crippen LogP contribution in [0.1, 0.15) is 31.7 Å². The van der Waals surface area contributed by atoms with Gasteiger partial charge in [-0.05, 0) is 49.3 Å². The molecule has 0 atom stereocenters. The zero-order valence-electron chi connectivity index (χ0n) is 15.1.